The number of hydrogen-bond donors (Lipinski definition) is 1. The fraction of sp³-hybridized carbons (Fsp3) is 0.200. The number of nitrogens with one attached hydrogen (secondary N) is 1. The van der Waals surface area contributed by atoms with Crippen molar-refractivity contribution >= 4 is 6.08 Å². The Morgan fingerprint density at radius 2 is 1.93 bits per heavy atom. The summed E-state index contributed by atoms with van der Waals surface area (Å²) in [5.74, 6) is 0.531. The largest absolute Gasteiger partial charge is 0.394 e. The van der Waals surface area contributed by atoms with Gasteiger partial charge in [-0.2, -0.15) is 13.2 Å². The van der Waals surface area contributed by atoms with Crippen molar-refractivity contribution in [3.05, 3.63) is 35.5 Å². The van der Waals surface area contributed by atoms with E-state index in [1.54, 1.807) is 24.3 Å². The molecule has 0 aromatic heterocycles. The molecule has 0 saturated heterocycles. The summed E-state index contributed by atoms with van der Waals surface area (Å²) in [7, 11) is 0. The smallest absolute Gasteiger partial charge is 0.382 e. The molecule has 0 unspecified atom stereocenters. The van der Waals surface area contributed by atoms with Gasteiger partial charge in [0.25, 0.3) is 0 Å². The van der Waals surface area contributed by atoms with Crippen LogP contribution in [0.15, 0.2) is 30.0 Å². The molecule has 0 amide bonds. The molecule has 2 nitrogen and oxygen atoms in total. The highest BCUT2D eigenvalue weighted by molar-refractivity contribution is 5.60. The Hall–Kier alpha value is -1.65. The molecule has 0 spiro atoms. The van der Waals surface area contributed by atoms with E-state index >= 15 is 0 Å². The van der Waals surface area contributed by atoms with E-state index in [-0.39, 0.29) is 5.70 Å². The molecule has 0 radical (unpaired) electrons. The van der Waals surface area contributed by atoms with Crippen molar-refractivity contribution in [2.24, 2.45) is 0 Å². The summed E-state index contributed by atoms with van der Waals surface area (Å²) >= 11 is 0. The van der Waals surface area contributed by atoms with Gasteiger partial charge in [-0.3, -0.25) is 0 Å². The summed E-state index contributed by atoms with van der Waals surface area (Å²) in [5.41, 5.74) is 2.94. The zero-order valence-corrected chi connectivity index (χ0v) is 7.64. The molecule has 1 N–H and O–H groups in total. The van der Waals surface area contributed by atoms with E-state index in [0.717, 1.165) is 0 Å². The molecular formula is C10H8F3NO. The lowest BCUT2D eigenvalue weighted by Crippen LogP contribution is -2.25. The Bertz CT molecular complexity index is 398. The number of benzene rings is 1. The molecule has 0 bridgehead atoms. The minimum Gasteiger partial charge on any atom is -0.382 e. The van der Waals surface area contributed by atoms with Gasteiger partial charge in [-0.1, -0.05) is 18.2 Å². The SMILES string of the molecule is FC(F)(F)CC1=Cc2ccccc2ON1. The molecule has 0 aliphatic carbocycles. The molecular weight excluding hydrogens is 207 g/mol. The molecule has 80 valence electrons. The molecule has 0 atom stereocenters. The van der Waals surface area contributed by atoms with Crippen molar-refractivity contribution in [3.8, 4) is 5.75 Å². The van der Waals surface area contributed by atoms with Gasteiger partial charge in [-0.05, 0) is 12.1 Å². The third-order valence-corrected chi connectivity index (χ3v) is 1.93. The van der Waals surface area contributed by atoms with E-state index in [4.69, 9.17) is 4.84 Å². The summed E-state index contributed by atoms with van der Waals surface area (Å²) in [5, 5.41) is 0. The number of hydrogen-bond acceptors (Lipinski definition) is 2. The number of alkyl halides is 3. The molecule has 1 aromatic rings. The van der Waals surface area contributed by atoms with Gasteiger partial charge in [-0.25, -0.2) is 5.48 Å². The van der Waals surface area contributed by atoms with Crippen molar-refractivity contribution in [2.75, 3.05) is 0 Å². The number of halogens is 3. The summed E-state index contributed by atoms with van der Waals surface area (Å²) in [6.07, 6.45) is -3.80. The van der Waals surface area contributed by atoms with Crippen LogP contribution in [0.2, 0.25) is 0 Å². The zero-order chi connectivity index (χ0) is 10.9. The van der Waals surface area contributed by atoms with Gasteiger partial charge >= 0.3 is 6.18 Å². The molecule has 1 aliphatic heterocycles. The maximum absolute atomic E-state index is 12.1. The predicted octanol–water partition coefficient (Wildman–Crippen LogP) is 2.88. The van der Waals surface area contributed by atoms with Crippen LogP contribution in [-0.2, 0) is 0 Å². The van der Waals surface area contributed by atoms with E-state index in [2.05, 4.69) is 5.48 Å². The quantitative estimate of drug-likeness (QED) is 0.777. The van der Waals surface area contributed by atoms with Crippen LogP contribution in [0.1, 0.15) is 12.0 Å². The van der Waals surface area contributed by atoms with Gasteiger partial charge in [-0.15, -0.1) is 0 Å². The first-order valence-electron chi connectivity index (χ1n) is 4.34. The fourth-order valence-electron chi connectivity index (χ4n) is 1.33. The monoisotopic (exact) mass is 215 g/mol. The van der Waals surface area contributed by atoms with Gasteiger partial charge < -0.3 is 4.84 Å². The van der Waals surface area contributed by atoms with Gasteiger partial charge in [0.05, 0.1) is 12.1 Å². The average Bonchev–Trinajstić information content (AvgIpc) is 2.15. The Morgan fingerprint density at radius 1 is 1.20 bits per heavy atom. The van der Waals surface area contributed by atoms with Crippen molar-refractivity contribution in [2.45, 2.75) is 12.6 Å². The first-order valence-corrected chi connectivity index (χ1v) is 4.34. The Balaban J connectivity index is 2.22. The fourth-order valence-corrected chi connectivity index (χ4v) is 1.33. The predicted molar refractivity (Wildman–Crippen MR) is 48.9 cm³/mol. The zero-order valence-electron chi connectivity index (χ0n) is 7.64. The minimum absolute atomic E-state index is 0.0150. The van der Waals surface area contributed by atoms with E-state index in [0.29, 0.717) is 11.3 Å². The topological polar surface area (TPSA) is 21.3 Å². The van der Waals surface area contributed by atoms with Crippen LogP contribution >= 0.6 is 0 Å². The minimum atomic E-state index is -4.23. The maximum Gasteiger partial charge on any atom is 0.394 e. The number of para-hydroxylation sites is 1. The van der Waals surface area contributed by atoms with Crippen molar-refractivity contribution < 1.29 is 18.0 Å². The number of hydroxylamine groups is 1. The Labute approximate surface area is 84.3 Å². The van der Waals surface area contributed by atoms with E-state index in [9.17, 15) is 13.2 Å². The summed E-state index contributed by atoms with van der Waals surface area (Å²) in [6, 6.07) is 6.88. The van der Waals surface area contributed by atoms with Gasteiger partial charge in [0, 0.05) is 5.56 Å². The second-order valence-electron chi connectivity index (χ2n) is 3.20. The maximum atomic E-state index is 12.1. The average molecular weight is 215 g/mol. The van der Waals surface area contributed by atoms with Crippen LogP contribution in [0.25, 0.3) is 6.08 Å². The lowest BCUT2D eigenvalue weighted by Gasteiger charge is -2.19. The summed E-state index contributed by atoms with van der Waals surface area (Å²) < 4.78 is 36.2. The van der Waals surface area contributed by atoms with Crippen LogP contribution in [0.5, 0.6) is 5.75 Å². The molecule has 15 heavy (non-hydrogen) atoms. The Kier molecular flexibility index (Phi) is 2.30. The third-order valence-electron chi connectivity index (χ3n) is 1.93. The lowest BCUT2D eigenvalue weighted by atomic mass is 10.1. The van der Waals surface area contributed by atoms with Gasteiger partial charge in [0.2, 0.25) is 0 Å². The van der Waals surface area contributed by atoms with E-state index in [1.165, 1.54) is 6.08 Å². The first-order chi connectivity index (χ1) is 7.04. The third kappa shape index (κ3) is 2.43. The number of rotatable bonds is 1. The first kappa shape index (κ1) is 9.89. The van der Waals surface area contributed by atoms with Gasteiger partial charge in [0.15, 0.2) is 5.75 Å². The molecule has 5 heteroatoms. The normalized spacial score (nSPS) is 14.7. The molecule has 0 saturated carbocycles. The second kappa shape index (κ2) is 3.49. The number of allylic oxidation sites excluding steroid dienone is 1. The second-order valence-corrected chi connectivity index (χ2v) is 3.20. The van der Waals surface area contributed by atoms with E-state index in [1.807, 2.05) is 0 Å². The van der Waals surface area contributed by atoms with Crippen molar-refractivity contribution in [1.29, 1.82) is 0 Å². The van der Waals surface area contributed by atoms with Crippen LogP contribution in [0.3, 0.4) is 0 Å². The Morgan fingerprint density at radius 3 is 2.67 bits per heavy atom. The van der Waals surface area contributed by atoms with E-state index < -0.39 is 12.6 Å². The summed E-state index contributed by atoms with van der Waals surface area (Å²) in [4.78, 5) is 4.96. The highest BCUT2D eigenvalue weighted by atomic mass is 19.4. The van der Waals surface area contributed by atoms with Crippen molar-refractivity contribution in [3.63, 3.8) is 0 Å². The van der Waals surface area contributed by atoms with Crippen molar-refractivity contribution in [1.82, 2.24) is 5.48 Å². The molecule has 0 fully saturated rings. The van der Waals surface area contributed by atoms with Gasteiger partial charge in [0.1, 0.15) is 0 Å². The molecule has 2 rings (SSSR count). The lowest BCUT2D eigenvalue weighted by molar-refractivity contribution is -0.129. The molecule has 1 aliphatic rings. The number of fused-ring (bicyclic) bond motifs is 1. The standard InChI is InChI=1S/C10H8F3NO/c11-10(12,13)6-8-5-7-3-1-2-4-9(7)15-14-8/h1-5,14H,6H2. The van der Waals surface area contributed by atoms with Crippen LogP contribution in [0.4, 0.5) is 13.2 Å². The van der Waals surface area contributed by atoms with Crippen LogP contribution in [-0.4, -0.2) is 6.18 Å². The molecule has 1 heterocycles. The highest BCUT2D eigenvalue weighted by Gasteiger charge is 2.30. The van der Waals surface area contributed by atoms with Crippen LogP contribution in [0, 0.1) is 0 Å². The highest BCUT2D eigenvalue weighted by Crippen LogP contribution is 2.29. The van der Waals surface area contributed by atoms with Crippen LogP contribution < -0.4 is 10.3 Å². The molecule has 1 aromatic carbocycles. The summed E-state index contributed by atoms with van der Waals surface area (Å²) in [6.45, 7) is 0.